The second-order valence-electron chi connectivity index (χ2n) is 5.17. The van der Waals surface area contributed by atoms with Gasteiger partial charge in [-0.15, -0.1) is 0 Å². The molecule has 2 N–H and O–H groups in total. The highest BCUT2D eigenvalue weighted by Crippen LogP contribution is 2.41. The van der Waals surface area contributed by atoms with Gasteiger partial charge < -0.3 is 10.5 Å². The molecule has 0 aliphatic carbocycles. The number of nitrogens with zero attached hydrogens (tertiary/aromatic N) is 3. The summed E-state index contributed by atoms with van der Waals surface area (Å²) in [4.78, 5) is 15.6. The van der Waals surface area contributed by atoms with E-state index in [1.807, 2.05) is 31.2 Å². The normalized spacial score (nSPS) is 19.9. The van der Waals surface area contributed by atoms with Gasteiger partial charge in [0.05, 0.1) is 30.6 Å². The molecule has 1 aliphatic rings. The van der Waals surface area contributed by atoms with Crippen LogP contribution in [0.4, 0.5) is 0 Å². The lowest BCUT2D eigenvalue weighted by Crippen LogP contribution is -2.32. The van der Waals surface area contributed by atoms with E-state index in [9.17, 15) is 15.3 Å². The summed E-state index contributed by atoms with van der Waals surface area (Å²) in [6.45, 7) is 1.92. The number of aliphatic imine (C=N–C) groups is 1. The van der Waals surface area contributed by atoms with E-state index in [1.54, 1.807) is 0 Å². The number of esters is 1. The van der Waals surface area contributed by atoms with Crippen LogP contribution in [-0.4, -0.2) is 24.7 Å². The van der Waals surface area contributed by atoms with E-state index in [-0.39, 0.29) is 11.6 Å². The number of aryl methyl sites for hydroxylation is 1. The van der Waals surface area contributed by atoms with E-state index >= 15 is 0 Å². The van der Waals surface area contributed by atoms with E-state index < -0.39 is 17.8 Å². The van der Waals surface area contributed by atoms with Crippen molar-refractivity contribution in [2.45, 2.75) is 12.8 Å². The number of hydrogen-bond acceptors (Lipinski definition) is 7. The van der Waals surface area contributed by atoms with Crippen molar-refractivity contribution in [2.75, 3.05) is 12.9 Å². The Bertz CT molecular complexity index is 802. The Morgan fingerprint density at radius 2 is 2.12 bits per heavy atom. The maximum absolute atomic E-state index is 11.4. The molecule has 0 radical (unpaired) electrons. The van der Waals surface area contributed by atoms with Crippen LogP contribution < -0.4 is 5.73 Å². The number of rotatable bonds is 4. The van der Waals surface area contributed by atoms with Gasteiger partial charge in [-0.05, 0) is 18.1 Å². The van der Waals surface area contributed by atoms with E-state index in [1.165, 1.54) is 7.11 Å². The zero-order valence-corrected chi connectivity index (χ0v) is 14.1. The second-order valence-corrected chi connectivity index (χ2v) is 6.14. The Morgan fingerprint density at radius 3 is 2.71 bits per heavy atom. The number of nitriles is 2. The Labute approximate surface area is 144 Å². The highest BCUT2D eigenvalue weighted by Gasteiger charge is 2.36. The molecule has 122 valence electrons. The largest absolute Gasteiger partial charge is 0.468 e. The first-order chi connectivity index (χ1) is 11.5. The number of benzene rings is 1. The molecule has 0 amide bonds. The van der Waals surface area contributed by atoms with Crippen LogP contribution in [0.25, 0.3) is 0 Å². The predicted molar refractivity (Wildman–Crippen MR) is 91.8 cm³/mol. The molecule has 0 saturated carbocycles. The average molecular weight is 340 g/mol. The van der Waals surface area contributed by atoms with Gasteiger partial charge >= 0.3 is 5.97 Å². The van der Waals surface area contributed by atoms with Crippen molar-refractivity contribution in [2.24, 2.45) is 16.6 Å². The number of hydrogen-bond donors (Lipinski definition) is 1. The summed E-state index contributed by atoms with van der Waals surface area (Å²) in [6, 6.07) is 11.8. The highest BCUT2D eigenvalue weighted by molar-refractivity contribution is 8.03. The lowest BCUT2D eigenvalue weighted by Gasteiger charge is -2.27. The van der Waals surface area contributed by atoms with E-state index in [0.29, 0.717) is 10.6 Å². The zero-order chi connectivity index (χ0) is 17.7. The number of nitrogens with two attached hydrogens (primary N) is 1. The first-order valence-corrected chi connectivity index (χ1v) is 8.15. The monoisotopic (exact) mass is 340 g/mol. The molecule has 1 aromatic rings. The first kappa shape index (κ1) is 17.6. The summed E-state index contributed by atoms with van der Waals surface area (Å²) >= 11 is 1.09. The van der Waals surface area contributed by atoms with Gasteiger partial charge in [-0.25, -0.2) is 4.99 Å². The number of carbonyl (C=O) groups is 1. The molecule has 2 rings (SSSR count). The summed E-state index contributed by atoms with van der Waals surface area (Å²) in [5.41, 5.74) is 8.13. The summed E-state index contributed by atoms with van der Waals surface area (Å²) in [7, 11) is 1.29. The Balaban J connectivity index is 2.53. The third-order valence-corrected chi connectivity index (χ3v) is 4.73. The quantitative estimate of drug-likeness (QED) is 0.841. The van der Waals surface area contributed by atoms with Crippen LogP contribution in [0.5, 0.6) is 0 Å². The lowest BCUT2D eigenvalue weighted by atomic mass is 9.78. The van der Waals surface area contributed by atoms with Gasteiger partial charge in [0, 0.05) is 5.92 Å². The molecule has 0 fully saturated rings. The van der Waals surface area contributed by atoms with Crippen molar-refractivity contribution in [3.8, 4) is 12.1 Å². The highest BCUT2D eigenvalue weighted by atomic mass is 32.2. The molecule has 1 aromatic carbocycles. The van der Waals surface area contributed by atoms with Gasteiger partial charge in [-0.2, -0.15) is 10.5 Å². The molecule has 0 spiro atoms. The number of allylic oxidation sites excluding steroid dienone is 1. The van der Waals surface area contributed by atoms with Crippen molar-refractivity contribution in [1.29, 1.82) is 10.5 Å². The van der Waals surface area contributed by atoms with E-state index in [4.69, 9.17) is 5.73 Å². The molecule has 0 bridgehead atoms. The molecule has 7 heteroatoms. The fraction of sp³-hybridized carbons (Fsp3) is 0.294. The topological polar surface area (TPSA) is 112 Å². The van der Waals surface area contributed by atoms with Crippen molar-refractivity contribution in [3.05, 3.63) is 46.0 Å². The van der Waals surface area contributed by atoms with Crippen molar-refractivity contribution in [1.82, 2.24) is 0 Å². The molecule has 1 unspecified atom stereocenters. The van der Waals surface area contributed by atoms with E-state index in [0.717, 1.165) is 22.9 Å². The van der Waals surface area contributed by atoms with Gasteiger partial charge in [-0.3, -0.25) is 4.79 Å². The fourth-order valence-electron chi connectivity index (χ4n) is 2.54. The third-order valence-electron chi connectivity index (χ3n) is 3.76. The van der Waals surface area contributed by atoms with Gasteiger partial charge in [0.1, 0.15) is 16.8 Å². The first-order valence-electron chi connectivity index (χ1n) is 7.16. The van der Waals surface area contributed by atoms with Gasteiger partial charge in [0.25, 0.3) is 0 Å². The van der Waals surface area contributed by atoms with Crippen LogP contribution in [0.3, 0.4) is 0 Å². The van der Waals surface area contributed by atoms with Crippen LogP contribution in [0.1, 0.15) is 17.0 Å². The summed E-state index contributed by atoms with van der Waals surface area (Å²) in [5, 5.41) is 19.5. The smallest absolute Gasteiger partial charge is 0.316 e. The lowest BCUT2D eigenvalue weighted by molar-refractivity contribution is -0.137. The number of amidine groups is 1. The minimum absolute atomic E-state index is 0.0194. The van der Waals surface area contributed by atoms with Crippen molar-refractivity contribution < 1.29 is 9.53 Å². The van der Waals surface area contributed by atoms with Crippen LogP contribution in [0.2, 0.25) is 0 Å². The molecule has 24 heavy (non-hydrogen) atoms. The maximum Gasteiger partial charge on any atom is 0.316 e. The second kappa shape index (κ2) is 7.67. The predicted octanol–water partition coefficient (Wildman–Crippen LogP) is 2.23. The molecule has 0 saturated heterocycles. The maximum atomic E-state index is 11.4. The fourth-order valence-corrected chi connectivity index (χ4v) is 3.41. The number of thioether (sulfide) groups is 1. The molecular formula is C17H16N4O2S. The SMILES string of the molecule is COC(=O)CSC1=C(C#N)[C@H](c2ccccc2C)C(C#N)C(N)=N1. The van der Waals surface area contributed by atoms with E-state index in [2.05, 4.69) is 21.9 Å². The molecule has 1 aliphatic heterocycles. The van der Waals surface area contributed by atoms with Crippen molar-refractivity contribution >= 4 is 23.6 Å². The Kier molecular flexibility index (Phi) is 5.62. The third kappa shape index (κ3) is 3.42. The van der Waals surface area contributed by atoms with Gasteiger partial charge in [-0.1, -0.05) is 36.0 Å². The van der Waals surface area contributed by atoms with Gasteiger partial charge in [0.15, 0.2) is 0 Å². The summed E-state index contributed by atoms with van der Waals surface area (Å²) in [5.74, 6) is -1.47. The average Bonchev–Trinajstić information content (AvgIpc) is 2.59. The summed E-state index contributed by atoms with van der Waals surface area (Å²) < 4.78 is 4.61. The zero-order valence-electron chi connectivity index (χ0n) is 13.3. The van der Waals surface area contributed by atoms with Crippen LogP contribution in [0.15, 0.2) is 39.9 Å². The van der Waals surface area contributed by atoms with Crippen LogP contribution >= 0.6 is 11.8 Å². The van der Waals surface area contributed by atoms with Crippen molar-refractivity contribution in [3.63, 3.8) is 0 Å². The van der Waals surface area contributed by atoms with Crippen LogP contribution in [0, 0.1) is 35.5 Å². The molecule has 6 nitrogen and oxygen atoms in total. The Hall–Kier alpha value is -2.77. The minimum Gasteiger partial charge on any atom is -0.468 e. The van der Waals surface area contributed by atoms with Crippen LogP contribution in [-0.2, 0) is 9.53 Å². The number of methoxy groups -OCH3 is 1. The number of carbonyl (C=O) groups excluding carboxylic acids is 1. The molecule has 2 atom stereocenters. The van der Waals surface area contributed by atoms with Gasteiger partial charge in [0.2, 0.25) is 0 Å². The molecule has 0 aromatic heterocycles. The molecule has 1 heterocycles. The Morgan fingerprint density at radius 1 is 1.42 bits per heavy atom. The number of ether oxygens (including phenoxy) is 1. The standard InChI is InChI=1S/C17H16N4O2S/c1-10-5-3-4-6-11(10)15-12(7-18)16(20)21-17(13(15)8-19)24-9-14(22)23-2/h3-6,12,15H,9H2,1-2H3,(H2,20,21)/t12?,15-/m1/s1. The molecular weight excluding hydrogens is 324 g/mol. The minimum atomic E-state index is -0.719. The summed E-state index contributed by atoms with van der Waals surface area (Å²) in [6.07, 6.45) is 0.